The molecule has 5 rings (SSSR count). The molecule has 0 radical (unpaired) electrons. The van der Waals surface area contributed by atoms with Gasteiger partial charge in [0.15, 0.2) is 0 Å². The number of aromatic carboxylic acids is 1. The van der Waals surface area contributed by atoms with Crippen molar-refractivity contribution in [2.24, 2.45) is 0 Å². The summed E-state index contributed by atoms with van der Waals surface area (Å²) < 4.78 is 11.5. The number of piperazine rings is 1. The maximum Gasteiger partial charge on any atom is 0.340 e. The predicted molar refractivity (Wildman–Crippen MR) is 157 cm³/mol. The van der Waals surface area contributed by atoms with Gasteiger partial charge >= 0.3 is 11.6 Å². The number of benzene rings is 3. The van der Waals surface area contributed by atoms with Crippen LogP contribution in [0.1, 0.15) is 33.5 Å². The zero-order valence-corrected chi connectivity index (χ0v) is 23.5. The molecule has 0 bridgehead atoms. The maximum absolute atomic E-state index is 12.8. The zero-order chi connectivity index (χ0) is 28.1. The van der Waals surface area contributed by atoms with E-state index in [0.29, 0.717) is 22.8 Å². The Morgan fingerprint density at radius 3 is 2.15 bits per heavy atom. The van der Waals surface area contributed by atoms with Gasteiger partial charge in [0.05, 0.1) is 17.7 Å². The van der Waals surface area contributed by atoms with Crippen LogP contribution in [0.5, 0.6) is 5.75 Å². The predicted octanol–water partition coefficient (Wildman–Crippen LogP) is 5.98. The second-order valence-electron chi connectivity index (χ2n) is 9.96. The van der Waals surface area contributed by atoms with Crippen LogP contribution in [-0.4, -0.2) is 60.2 Å². The van der Waals surface area contributed by atoms with Gasteiger partial charge in [-0.3, -0.25) is 4.90 Å². The lowest BCUT2D eigenvalue weighted by molar-refractivity contribution is 0.0697. The lowest BCUT2D eigenvalue weighted by Gasteiger charge is -2.34. The van der Waals surface area contributed by atoms with E-state index in [1.807, 2.05) is 12.1 Å². The highest BCUT2D eigenvalue weighted by atomic mass is 35.5. The van der Waals surface area contributed by atoms with E-state index in [1.165, 1.54) is 5.56 Å². The fourth-order valence-corrected chi connectivity index (χ4v) is 5.27. The Labute approximate surface area is 242 Å². The molecule has 2 heterocycles. The zero-order valence-electron chi connectivity index (χ0n) is 21.9. The number of ether oxygens (including phenoxy) is 1. The van der Waals surface area contributed by atoms with Gasteiger partial charge in [-0.25, -0.2) is 9.59 Å². The third-order valence-electron chi connectivity index (χ3n) is 7.15. The van der Waals surface area contributed by atoms with Gasteiger partial charge in [-0.2, -0.15) is 0 Å². The average Bonchev–Trinajstić information content (AvgIpc) is 2.94. The Balaban J connectivity index is 1.15. The van der Waals surface area contributed by atoms with Crippen molar-refractivity contribution in [2.45, 2.75) is 19.4 Å². The highest BCUT2D eigenvalue weighted by Crippen LogP contribution is 2.26. The van der Waals surface area contributed by atoms with Crippen molar-refractivity contribution in [3.63, 3.8) is 0 Å². The molecular formula is C31H30Cl2N2O5. The monoisotopic (exact) mass is 580 g/mol. The van der Waals surface area contributed by atoms with E-state index in [1.54, 1.807) is 42.5 Å². The summed E-state index contributed by atoms with van der Waals surface area (Å²) in [6.07, 6.45) is 0.976. The van der Waals surface area contributed by atoms with Crippen molar-refractivity contribution >= 4 is 40.1 Å². The summed E-state index contributed by atoms with van der Waals surface area (Å²) in [5.41, 5.74) is 1.60. The van der Waals surface area contributed by atoms with Crippen LogP contribution in [-0.2, 0) is 13.0 Å². The number of fused-ring (bicyclic) bond motifs is 1. The van der Waals surface area contributed by atoms with Crippen molar-refractivity contribution in [2.75, 3.05) is 39.3 Å². The molecule has 4 aromatic rings. The molecule has 1 saturated heterocycles. The minimum Gasteiger partial charge on any atom is -0.493 e. The Morgan fingerprint density at radius 1 is 0.875 bits per heavy atom. The SMILES string of the molecule is O=C(O)c1c(Cc2ccc(Cl)cc2)c(=O)oc2cc(OCCCN3CCN(Cc4ccc(Cl)cc4)CC3)ccc12. The first-order chi connectivity index (χ1) is 19.4. The highest BCUT2D eigenvalue weighted by molar-refractivity contribution is 6.30. The fraction of sp³-hybridized carbons (Fsp3) is 0.290. The van der Waals surface area contributed by atoms with Gasteiger partial charge in [0.2, 0.25) is 0 Å². The summed E-state index contributed by atoms with van der Waals surface area (Å²) in [4.78, 5) is 29.8. The molecule has 1 N–H and O–H groups in total. The van der Waals surface area contributed by atoms with E-state index in [2.05, 4.69) is 21.9 Å². The van der Waals surface area contributed by atoms with Crippen LogP contribution in [0.3, 0.4) is 0 Å². The van der Waals surface area contributed by atoms with Gasteiger partial charge in [-0.05, 0) is 53.9 Å². The molecular weight excluding hydrogens is 551 g/mol. The molecule has 40 heavy (non-hydrogen) atoms. The molecule has 1 fully saturated rings. The smallest absolute Gasteiger partial charge is 0.340 e. The Bertz CT molecular complexity index is 1530. The van der Waals surface area contributed by atoms with E-state index in [9.17, 15) is 14.7 Å². The minimum absolute atomic E-state index is 0.0528. The first kappa shape index (κ1) is 28.2. The lowest BCUT2D eigenvalue weighted by Crippen LogP contribution is -2.46. The van der Waals surface area contributed by atoms with Crippen LogP contribution in [0.2, 0.25) is 10.0 Å². The van der Waals surface area contributed by atoms with Gasteiger partial charge in [-0.1, -0.05) is 47.5 Å². The van der Waals surface area contributed by atoms with Crippen molar-refractivity contribution in [1.82, 2.24) is 9.80 Å². The van der Waals surface area contributed by atoms with Crippen LogP contribution < -0.4 is 10.4 Å². The summed E-state index contributed by atoms with van der Waals surface area (Å²) in [6.45, 7) is 6.39. The second-order valence-corrected chi connectivity index (χ2v) is 10.8. The van der Waals surface area contributed by atoms with Crippen molar-refractivity contribution in [3.8, 4) is 5.75 Å². The summed E-state index contributed by atoms with van der Waals surface area (Å²) in [6, 6.07) is 19.9. The summed E-state index contributed by atoms with van der Waals surface area (Å²) >= 11 is 11.9. The molecule has 7 nitrogen and oxygen atoms in total. The number of nitrogens with zero attached hydrogens (tertiary/aromatic N) is 2. The minimum atomic E-state index is -1.18. The third-order valence-corrected chi connectivity index (χ3v) is 7.66. The van der Waals surface area contributed by atoms with Gasteiger partial charge in [0.25, 0.3) is 0 Å². The molecule has 1 aliphatic heterocycles. The summed E-state index contributed by atoms with van der Waals surface area (Å²) in [7, 11) is 0. The van der Waals surface area contributed by atoms with E-state index < -0.39 is 11.6 Å². The van der Waals surface area contributed by atoms with Crippen LogP contribution >= 0.6 is 23.2 Å². The van der Waals surface area contributed by atoms with Gasteiger partial charge < -0.3 is 19.2 Å². The molecule has 208 valence electrons. The number of halogens is 2. The second kappa shape index (κ2) is 12.9. The van der Waals surface area contributed by atoms with Crippen LogP contribution in [0.15, 0.2) is 75.9 Å². The number of hydrogen-bond acceptors (Lipinski definition) is 6. The van der Waals surface area contributed by atoms with Crippen molar-refractivity contribution < 1.29 is 19.1 Å². The number of rotatable bonds is 10. The first-order valence-corrected chi connectivity index (χ1v) is 14.0. The number of hydrogen-bond donors (Lipinski definition) is 1. The largest absolute Gasteiger partial charge is 0.493 e. The van der Waals surface area contributed by atoms with E-state index in [4.69, 9.17) is 32.4 Å². The maximum atomic E-state index is 12.8. The summed E-state index contributed by atoms with van der Waals surface area (Å²) in [5.74, 6) is -0.644. The molecule has 0 atom stereocenters. The van der Waals surface area contributed by atoms with E-state index in [-0.39, 0.29) is 23.1 Å². The molecule has 1 aromatic heterocycles. The molecule has 0 amide bonds. The first-order valence-electron chi connectivity index (χ1n) is 13.2. The molecule has 0 unspecified atom stereocenters. The molecule has 9 heteroatoms. The van der Waals surface area contributed by atoms with Crippen molar-refractivity contribution in [1.29, 1.82) is 0 Å². The molecule has 3 aromatic carbocycles. The normalized spacial score (nSPS) is 14.4. The molecule has 1 aliphatic rings. The Kier molecular flexibility index (Phi) is 9.07. The molecule has 0 spiro atoms. The number of carboxylic acid groups (broad SMARTS) is 1. The highest BCUT2D eigenvalue weighted by Gasteiger charge is 2.21. The van der Waals surface area contributed by atoms with Gasteiger partial charge in [0.1, 0.15) is 11.3 Å². The van der Waals surface area contributed by atoms with Crippen molar-refractivity contribution in [3.05, 3.63) is 109 Å². The van der Waals surface area contributed by atoms with Gasteiger partial charge in [-0.15, -0.1) is 0 Å². The average molecular weight is 581 g/mol. The quantitative estimate of drug-likeness (QED) is 0.182. The molecule has 0 saturated carbocycles. The summed E-state index contributed by atoms with van der Waals surface area (Å²) in [5, 5.41) is 11.6. The Hall–Kier alpha value is -3.36. The number of carboxylic acids is 1. The van der Waals surface area contributed by atoms with Crippen LogP contribution in [0.25, 0.3) is 11.0 Å². The number of carbonyl (C=O) groups is 1. The van der Waals surface area contributed by atoms with Crippen LogP contribution in [0, 0.1) is 0 Å². The lowest BCUT2D eigenvalue weighted by atomic mass is 9.98. The fourth-order valence-electron chi connectivity index (χ4n) is 5.02. The Morgan fingerprint density at radius 2 is 1.50 bits per heavy atom. The van der Waals surface area contributed by atoms with Gasteiger partial charge in [0, 0.05) is 67.2 Å². The molecule has 0 aliphatic carbocycles. The van der Waals surface area contributed by atoms with E-state index >= 15 is 0 Å². The van der Waals surface area contributed by atoms with E-state index in [0.717, 1.165) is 56.3 Å². The topological polar surface area (TPSA) is 83.2 Å². The standard InChI is InChI=1S/C31H30Cl2N2O5/c32-23-6-2-21(3-7-23)18-27-29(30(36)37)26-11-10-25(19-28(26)40-31(27)38)39-17-1-12-34-13-15-35(16-14-34)20-22-4-8-24(33)9-5-22/h2-11,19H,1,12-18,20H2,(H,36,37). The third kappa shape index (κ3) is 7.04. The van der Waals surface area contributed by atoms with Crippen LogP contribution in [0.4, 0.5) is 0 Å².